The van der Waals surface area contributed by atoms with Crippen molar-refractivity contribution in [2.45, 2.75) is 30.7 Å². The molecule has 1 aromatic heterocycles. The van der Waals surface area contributed by atoms with Gasteiger partial charge in [0.2, 0.25) is 10.0 Å². The summed E-state index contributed by atoms with van der Waals surface area (Å²) < 4.78 is 27.9. The fourth-order valence-electron chi connectivity index (χ4n) is 2.27. The summed E-state index contributed by atoms with van der Waals surface area (Å²) in [6.45, 7) is 4.87. The van der Waals surface area contributed by atoms with Crippen LogP contribution in [0.3, 0.4) is 0 Å². The van der Waals surface area contributed by atoms with Crippen molar-refractivity contribution in [1.29, 1.82) is 0 Å². The molecule has 19 heavy (non-hydrogen) atoms. The molecule has 0 amide bonds. The highest BCUT2D eigenvalue weighted by molar-refractivity contribution is 9.10. The first kappa shape index (κ1) is 14.9. The summed E-state index contributed by atoms with van der Waals surface area (Å²) in [7, 11) is -3.48. The van der Waals surface area contributed by atoms with Crippen LogP contribution in [0.15, 0.2) is 27.8 Å². The second-order valence-corrected chi connectivity index (χ2v) is 7.32. The van der Waals surface area contributed by atoms with Crippen molar-refractivity contribution in [2.24, 2.45) is 0 Å². The Morgan fingerprint density at radius 3 is 3.00 bits per heavy atom. The lowest BCUT2D eigenvalue weighted by atomic mass is 10.1. The summed E-state index contributed by atoms with van der Waals surface area (Å²) in [6, 6.07) is 1.55. The maximum atomic E-state index is 12.3. The lowest BCUT2D eigenvalue weighted by Crippen LogP contribution is -2.47. The summed E-state index contributed by atoms with van der Waals surface area (Å²) in [4.78, 5) is 6.36. The van der Waals surface area contributed by atoms with Gasteiger partial charge in [-0.15, -0.1) is 0 Å². The van der Waals surface area contributed by atoms with Crippen LogP contribution in [0, 0.1) is 0 Å². The summed E-state index contributed by atoms with van der Waals surface area (Å²) in [5.74, 6) is 0. The van der Waals surface area contributed by atoms with Gasteiger partial charge in [0, 0.05) is 29.5 Å². The van der Waals surface area contributed by atoms with Gasteiger partial charge in [0.1, 0.15) is 4.90 Å². The van der Waals surface area contributed by atoms with Gasteiger partial charge in [-0.2, -0.15) is 0 Å². The maximum absolute atomic E-state index is 12.3. The van der Waals surface area contributed by atoms with Gasteiger partial charge in [-0.3, -0.25) is 4.98 Å². The van der Waals surface area contributed by atoms with Crippen LogP contribution in [0.4, 0.5) is 0 Å². The zero-order valence-corrected chi connectivity index (χ0v) is 13.2. The molecule has 1 N–H and O–H groups in total. The molecule has 0 radical (unpaired) electrons. The van der Waals surface area contributed by atoms with E-state index in [-0.39, 0.29) is 10.9 Å². The minimum Gasteiger partial charge on any atom is -0.302 e. The monoisotopic (exact) mass is 347 g/mol. The van der Waals surface area contributed by atoms with E-state index in [0.29, 0.717) is 4.47 Å². The quantitative estimate of drug-likeness (QED) is 0.898. The predicted octanol–water partition coefficient (Wildman–Crippen LogP) is 1.61. The van der Waals surface area contributed by atoms with E-state index < -0.39 is 10.0 Å². The molecular weight excluding hydrogens is 330 g/mol. The number of halogens is 1. The van der Waals surface area contributed by atoms with Crippen molar-refractivity contribution in [3.05, 3.63) is 22.9 Å². The van der Waals surface area contributed by atoms with Crippen molar-refractivity contribution in [3.63, 3.8) is 0 Å². The molecule has 0 aliphatic carbocycles. The number of pyridine rings is 1. The van der Waals surface area contributed by atoms with E-state index in [9.17, 15) is 8.42 Å². The predicted molar refractivity (Wildman–Crippen MR) is 77.4 cm³/mol. The molecule has 1 aromatic rings. The molecule has 1 fully saturated rings. The Labute approximate surface area is 122 Å². The Morgan fingerprint density at radius 1 is 1.53 bits per heavy atom. The third kappa shape index (κ3) is 3.98. The first-order chi connectivity index (χ1) is 9.01. The Morgan fingerprint density at radius 2 is 2.32 bits per heavy atom. The second kappa shape index (κ2) is 6.30. The fourth-order valence-corrected chi connectivity index (χ4v) is 4.03. The molecule has 2 heterocycles. The number of rotatable bonds is 4. The topological polar surface area (TPSA) is 62.3 Å². The molecule has 106 valence electrons. The van der Waals surface area contributed by atoms with Crippen LogP contribution in [0.25, 0.3) is 0 Å². The first-order valence-corrected chi connectivity index (χ1v) is 8.64. The lowest BCUT2D eigenvalue weighted by molar-refractivity contribution is 0.211. The largest absolute Gasteiger partial charge is 0.302 e. The highest BCUT2D eigenvalue weighted by atomic mass is 79.9. The Balaban J connectivity index is 2.09. The smallest absolute Gasteiger partial charge is 0.242 e. The number of hydrogen-bond acceptors (Lipinski definition) is 4. The third-order valence-electron chi connectivity index (χ3n) is 3.26. The van der Waals surface area contributed by atoms with Crippen LogP contribution in [0.1, 0.15) is 19.8 Å². The summed E-state index contributed by atoms with van der Waals surface area (Å²) in [5, 5.41) is 0. The molecule has 1 aliphatic heterocycles. The van der Waals surface area contributed by atoms with E-state index in [0.717, 1.165) is 32.5 Å². The molecule has 1 unspecified atom stereocenters. The van der Waals surface area contributed by atoms with Gasteiger partial charge in [-0.25, -0.2) is 13.1 Å². The summed E-state index contributed by atoms with van der Waals surface area (Å²) >= 11 is 3.24. The number of piperidine rings is 1. The van der Waals surface area contributed by atoms with Gasteiger partial charge in [-0.1, -0.05) is 6.92 Å². The number of sulfonamides is 1. The van der Waals surface area contributed by atoms with Gasteiger partial charge in [0.05, 0.1) is 0 Å². The number of hydrogen-bond donors (Lipinski definition) is 1. The summed E-state index contributed by atoms with van der Waals surface area (Å²) in [5.41, 5.74) is 0. The van der Waals surface area contributed by atoms with E-state index in [2.05, 4.69) is 37.5 Å². The molecule has 5 nitrogen and oxygen atoms in total. The number of likely N-dealkylation sites (tertiary alicyclic amines) is 1. The first-order valence-electron chi connectivity index (χ1n) is 6.36. The molecule has 1 aliphatic rings. The van der Waals surface area contributed by atoms with Gasteiger partial charge in [-0.05, 0) is 47.9 Å². The van der Waals surface area contributed by atoms with Crippen LogP contribution >= 0.6 is 15.9 Å². The highest BCUT2D eigenvalue weighted by Gasteiger charge is 2.24. The van der Waals surface area contributed by atoms with E-state index in [1.165, 1.54) is 6.20 Å². The van der Waals surface area contributed by atoms with Gasteiger partial charge < -0.3 is 4.90 Å². The van der Waals surface area contributed by atoms with Crippen LogP contribution in [-0.4, -0.2) is 44.0 Å². The zero-order valence-electron chi connectivity index (χ0n) is 10.8. The SMILES string of the molecule is CCN1CCCC(NS(=O)(=O)c2cncc(Br)c2)C1. The Hall–Kier alpha value is -0.500. The highest BCUT2D eigenvalue weighted by Crippen LogP contribution is 2.16. The molecule has 7 heteroatoms. The molecule has 0 saturated carbocycles. The molecule has 0 spiro atoms. The van der Waals surface area contributed by atoms with E-state index in [1.807, 2.05) is 0 Å². The van der Waals surface area contributed by atoms with Crippen LogP contribution in [-0.2, 0) is 10.0 Å². The second-order valence-electron chi connectivity index (χ2n) is 4.69. The molecule has 0 aromatic carbocycles. The minimum atomic E-state index is -3.48. The average molecular weight is 348 g/mol. The maximum Gasteiger partial charge on any atom is 0.242 e. The van der Waals surface area contributed by atoms with Gasteiger partial charge >= 0.3 is 0 Å². The lowest BCUT2D eigenvalue weighted by Gasteiger charge is -2.32. The zero-order chi connectivity index (χ0) is 13.9. The number of likely N-dealkylation sites (N-methyl/N-ethyl adjacent to an activating group) is 1. The van der Waals surface area contributed by atoms with Crippen LogP contribution < -0.4 is 4.72 Å². The van der Waals surface area contributed by atoms with Gasteiger partial charge in [0.25, 0.3) is 0 Å². The molecule has 2 rings (SSSR count). The normalized spacial score (nSPS) is 21.5. The minimum absolute atomic E-state index is 0.0160. The van der Waals surface area contributed by atoms with E-state index in [1.54, 1.807) is 12.3 Å². The molecule has 1 atom stereocenters. The van der Waals surface area contributed by atoms with Crippen molar-refractivity contribution < 1.29 is 8.42 Å². The summed E-state index contributed by atoms with van der Waals surface area (Å²) in [6.07, 6.45) is 4.85. The average Bonchev–Trinajstić information content (AvgIpc) is 2.38. The van der Waals surface area contributed by atoms with E-state index in [4.69, 9.17) is 0 Å². The molecular formula is C12H18BrN3O2S. The molecule has 1 saturated heterocycles. The van der Waals surface area contributed by atoms with Crippen molar-refractivity contribution in [1.82, 2.24) is 14.6 Å². The Kier molecular flexibility index (Phi) is 4.94. The van der Waals surface area contributed by atoms with Crippen molar-refractivity contribution >= 4 is 26.0 Å². The molecule has 0 bridgehead atoms. The van der Waals surface area contributed by atoms with Crippen molar-refractivity contribution in [2.75, 3.05) is 19.6 Å². The van der Waals surface area contributed by atoms with Crippen molar-refractivity contribution in [3.8, 4) is 0 Å². The van der Waals surface area contributed by atoms with Crippen LogP contribution in [0.5, 0.6) is 0 Å². The van der Waals surface area contributed by atoms with Gasteiger partial charge in [0.15, 0.2) is 0 Å². The number of nitrogens with one attached hydrogen (secondary N) is 1. The Bertz CT molecular complexity index is 536. The number of nitrogens with zero attached hydrogens (tertiary/aromatic N) is 2. The van der Waals surface area contributed by atoms with E-state index >= 15 is 0 Å². The fraction of sp³-hybridized carbons (Fsp3) is 0.583. The standard InChI is InChI=1S/C12H18BrN3O2S/c1-2-16-5-3-4-11(9-16)15-19(17,18)12-6-10(13)7-14-8-12/h6-8,11,15H,2-5,9H2,1H3. The number of aromatic nitrogens is 1. The van der Waals surface area contributed by atoms with Crippen LogP contribution in [0.2, 0.25) is 0 Å². The third-order valence-corrected chi connectivity index (χ3v) is 5.19.